The molecule has 28 heavy (non-hydrogen) atoms. The number of ether oxygens (including phenoxy) is 1. The predicted octanol–water partition coefficient (Wildman–Crippen LogP) is 2.74. The van der Waals surface area contributed by atoms with E-state index in [1.165, 1.54) is 0 Å². The number of esters is 1. The van der Waals surface area contributed by atoms with E-state index in [0.717, 1.165) is 4.90 Å². The van der Waals surface area contributed by atoms with Crippen LogP contribution in [0.25, 0.3) is 0 Å². The number of anilines is 1. The highest BCUT2D eigenvalue weighted by atomic mass is 79.9. The Bertz CT molecular complexity index is 776. The second kappa shape index (κ2) is 8.92. The molecule has 1 aromatic rings. The average molecular weight is 537 g/mol. The Balaban J connectivity index is 1.50. The molecule has 2 aliphatic rings. The Kier molecular flexibility index (Phi) is 6.77. The lowest BCUT2D eigenvalue weighted by molar-refractivity contribution is -0.154. The monoisotopic (exact) mass is 534 g/mol. The van der Waals surface area contributed by atoms with Gasteiger partial charge in [0.1, 0.15) is 6.54 Å². The molecule has 1 saturated heterocycles. The number of alkyl halides is 2. The maximum absolute atomic E-state index is 12.5. The van der Waals surface area contributed by atoms with E-state index in [9.17, 15) is 19.2 Å². The van der Waals surface area contributed by atoms with Gasteiger partial charge in [-0.3, -0.25) is 24.1 Å². The zero-order valence-electron chi connectivity index (χ0n) is 14.6. The Morgan fingerprint density at radius 3 is 2.14 bits per heavy atom. The number of imide groups is 1. The third-order valence-corrected chi connectivity index (χ3v) is 7.77. The molecule has 1 aliphatic heterocycles. The zero-order chi connectivity index (χ0) is 20.4. The molecule has 0 unspecified atom stereocenters. The number of hydrogen-bond acceptors (Lipinski definition) is 5. The normalized spacial score (nSPS) is 26.8. The Labute approximate surface area is 183 Å². The summed E-state index contributed by atoms with van der Waals surface area (Å²) in [5, 5.41) is 3.08. The van der Waals surface area contributed by atoms with Crippen LogP contribution < -0.4 is 5.32 Å². The molecule has 1 heterocycles. The number of nitrogens with one attached hydrogen (secondary N) is 1. The van der Waals surface area contributed by atoms with Gasteiger partial charge < -0.3 is 10.1 Å². The number of hydrogen-bond donors (Lipinski definition) is 1. The Morgan fingerprint density at radius 1 is 1.07 bits per heavy atom. The molecular weight excluding hydrogens is 519 g/mol. The molecule has 7 nitrogen and oxygen atoms in total. The molecule has 1 saturated carbocycles. The van der Waals surface area contributed by atoms with Gasteiger partial charge in [-0.1, -0.05) is 43.5 Å². The molecule has 0 spiro atoms. The number of carbonyl (C=O) groups excluding carboxylic acids is 4. The van der Waals surface area contributed by atoms with Crippen LogP contribution in [0.1, 0.15) is 12.8 Å². The molecule has 0 aromatic heterocycles. The van der Waals surface area contributed by atoms with Crippen LogP contribution in [0, 0.1) is 11.8 Å². The minimum absolute atomic E-state index is 0.0916. The SMILES string of the molecule is O=C(COC(=O)CN1C(=O)[C@@H]2C[C@H](Br)[C@@H](Br)C[C@H]2C1=O)Nc1ccc(Cl)cc1. The molecule has 1 aromatic carbocycles. The number of likely N-dealkylation sites (tertiary alicyclic amines) is 1. The molecule has 1 N–H and O–H groups in total. The summed E-state index contributed by atoms with van der Waals surface area (Å²) in [5.74, 6) is -2.91. The number of nitrogens with zero attached hydrogens (tertiary/aromatic N) is 1. The van der Waals surface area contributed by atoms with Gasteiger partial charge in [-0.2, -0.15) is 0 Å². The summed E-state index contributed by atoms with van der Waals surface area (Å²) in [5.41, 5.74) is 0.507. The van der Waals surface area contributed by atoms with Crippen LogP contribution in [0.5, 0.6) is 0 Å². The van der Waals surface area contributed by atoms with Gasteiger partial charge in [0.2, 0.25) is 11.8 Å². The van der Waals surface area contributed by atoms with E-state index in [1.54, 1.807) is 24.3 Å². The zero-order valence-corrected chi connectivity index (χ0v) is 18.5. The summed E-state index contributed by atoms with van der Waals surface area (Å²) < 4.78 is 4.91. The molecule has 3 amide bonds. The van der Waals surface area contributed by atoms with Crippen molar-refractivity contribution in [3.8, 4) is 0 Å². The molecule has 0 radical (unpaired) electrons. The molecular formula is C18H17Br2ClN2O5. The van der Waals surface area contributed by atoms with E-state index in [1.807, 2.05) is 0 Å². The lowest BCUT2D eigenvalue weighted by Crippen LogP contribution is -2.37. The van der Waals surface area contributed by atoms with Crippen molar-refractivity contribution in [2.45, 2.75) is 22.5 Å². The Hall–Kier alpha value is -1.45. The molecule has 2 fully saturated rings. The van der Waals surface area contributed by atoms with Gasteiger partial charge in [0.05, 0.1) is 11.8 Å². The quantitative estimate of drug-likeness (QED) is 0.355. The van der Waals surface area contributed by atoms with Crippen LogP contribution in [0.15, 0.2) is 24.3 Å². The van der Waals surface area contributed by atoms with Crippen LogP contribution in [0.3, 0.4) is 0 Å². The van der Waals surface area contributed by atoms with Gasteiger partial charge in [-0.15, -0.1) is 0 Å². The van der Waals surface area contributed by atoms with Crippen molar-refractivity contribution in [2.75, 3.05) is 18.5 Å². The van der Waals surface area contributed by atoms with Crippen molar-refractivity contribution in [2.24, 2.45) is 11.8 Å². The van der Waals surface area contributed by atoms with Gasteiger partial charge in [0.15, 0.2) is 6.61 Å². The minimum Gasteiger partial charge on any atom is -0.454 e. The first-order valence-corrected chi connectivity index (χ1v) is 10.8. The third kappa shape index (κ3) is 4.75. The number of carbonyl (C=O) groups is 4. The summed E-state index contributed by atoms with van der Waals surface area (Å²) in [6.45, 7) is -1.00. The van der Waals surface area contributed by atoms with E-state index < -0.39 is 36.9 Å². The van der Waals surface area contributed by atoms with Crippen LogP contribution >= 0.6 is 43.5 Å². The number of rotatable bonds is 5. The Morgan fingerprint density at radius 2 is 1.61 bits per heavy atom. The molecule has 0 bridgehead atoms. The first kappa shape index (κ1) is 21.3. The smallest absolute Gasteiger partial charge is 0.326 e. The van der Waals surface area contributed by atoms with E-state index in [-0.39, 0.29) is 21.5 Å². The van der Waals surface area contributed by atoms with Crippen molar-refractivity contribution >= 4 is 72.8 Å². The number of amides is 3. The number of benzene rings is 1. The number of fused-ring (bicyclic) bond motifs is 1. The first-order valence-electron chi connectivity index (χ1n) is 8.60. The fraction of sp³-hybridized carbons (Fsp3) is 0.444. The predicted molar refractivity (Wildman–Crippen MR) is 109 cm³/mol. The minimum atomic E-state index is -0.808. The van der Waals surface area contributed by atoms with E-state index in [4.69, 9.17) is 16.3 Å². The van der Waals surface area contributed by atoms with Crippen molar-refractivity contribution in [1.29, 1.82) is 0 Å². The van der Waals surface area contributed by atoms with Crippen LogP contribution in [-0.4, -0.2) is 51.4 Å². The lowest BCUT2D eigenvalue weighted by Gasteiger charge is -2.29. The van der Waals surface area contributed by atoms with E-state index in [2.05, 4.69) is 37.2 Å². The fourth-order valence-electron chi connectivity index (χ4n) is 3.37. The van der Waals surface area contributed by atoms with Crippen molar-refractivity contribution in [3.05, 3.63) is 29.3 Å². The average Bonchev–Trinajstić information content (AvgIpc) is 2.87. The third-order valence-electron chi connectivity index (χ3n) is 4.78. The number of halogens is 3. The van der Waals surface area contributed by atoms with Crippen molar-refractivity contribution < 1.29 is 23.9 Å². The van der Waals surface area contributed by atoms with E-state index >= 15 is 0 Å². The second-order valence-electron chi connectivity index (χ2n) is 6.69. The highest BCUT2D eigenvalue weighted by molar-refractivity contribution is 9.12. The van der Waals surface area contributed by atoms with Crippen LogP contribution in [0.4, 0.5) is 5.69 Å². The highest BCUT2D eigenvalue weighted by Gasteiger charge is 2.52. The maximum atomic E-state index is 12.5. The molecule has 4 atom stereocenters. The molecule has 10 heteroatoms. The first-order chi connectivity index (χ1) is 13.3. The van der Waals surface area contributed by atoms with Crippen LogP contribution in [-0.2, 0) is 23.9 Å². The maximum Gasteiger partial charge on any atom is 0.326 e. The summed E-state index contributed by atoms with van der Waals surface area (Å²) in [6, 6.07) is 6.45. The van der Waals surface area contributed by atoms with Crippen LogP contribution in [0.2, 0.25) is 5.02 Å². The van der Waals surface area contributed by atoms with Gasteiger partial charge >= 0.3 is 5.97 Å². The highest BCUT2D eigenvalue weighted by Crippen LogP contribution is 2.43. The second-order valence-corrected chi connectivity index (χ2v) is 9.48. The summed E-state index contributed by atoms with van der Waals surface area (Å²) in [4.78, 5) is 50.1. The summed E-state index contributed by atoms with van der Waals surface area (Å²) in [7, 11) is 0. The fourth-order valence-corrected chi connectivity index (χ4v) is 4.73. The largest absolute Gasteiger partial charge is 0.454 e. The summed E-state index contributed by atoms with van der Waals surface area (Å²) in [6.07, 6.45) is 1.06. The van der Waals surface area contributed by atoms with Crippen molar-refractivity contribution in [1.82, 2.24) is 4.90 Å². The lowest BCUT2D eigenvalue weighted by atomic mass is 9.81. The topological polar surface area (TPSA) is 92.8 Å². The van der Waals surface area contributed by atoms with Gasteiger partial charge in [-0.25, -0.2) is 0 Å². The molecule has 3 rings (SSSR count). The van der Waals surface area contributed by atoms with E-state index in [0.29, 0.717) is 23.6 Å². The summed E-state index contributed by atoms with van der Waals surface area (Å²) >= 11 is 12.8. The molecule has 1 aliphatic carbocycles. The standard InChI is InChI=1S/C18H17Br2ClN2O5/c19-13-5-11-12(6-14(13)20)18(27)23(17(11)26)7-16(25)28-8-15(24)22-10-3-1-9(21)2-4-10/h1-4,11-14H,5-8H2,(H,22,24)/t11-,12-,13+,14+/m1/s1. The molecule has 150 valence electrons. The van der Waals surface area contributed by atoms with Gasteiger partial charge in [0.25, 0.3) is 5.91 Å². The van der Waals surface area contributed by atoms with Crippen molar-refractivity contribution in [3.63, 3.8) is 0 Å². The van der Waals surface area contributed by atoms with Gasteiger partial charge in [-0.05, 0) is 37.1 Å². The van der Waals surface area contributed by atoms with Gasteiger partial charge in [0, 0.05) is 20.4 Å².